The van der Waals surface area contributed by atoms with Gasteiger partial charge in [-0.2, -0.15) is 5.10 Å². The summed E-state index contributed by atoms with van der Waals surface area (Å²) in [5, 5.41) is 7.10. The van der Waals surface area contributed by atoms with Gasteiger partial charge in [-0.05, 0) is 48.9 Å². The molecule has 0 unspecified atom stereocenters. The highest BCUT2D eigenvalue weighted by molar-refractivity contribution is 5.94. The Morgan fingerprint density at radius 1 is 1.12 bits per heavy atom. The molecule has 1 amide bonds. The number of para-hydroxylation sites is 2. The van der Waals surface area contributed by atoms with E-state index in [0.717, 1.165) is 11.3 Å². The van der Waals surface area contributed by atoms with Crippen molar-refractivity contribution >= 4 is 5.91 Å². The van der Waals surface area contributed by atoms with Gasteiger partial charge in [0.1, 0.15) is 6.61 Å². The standard InChI is InChI=1S/C20H21N3O3/c1-15-13-22-23(14-15)17-9-7-16(8-10-17)20(24)21-11-12-26-19-6-4-3-5-18(19)25-2/h3-10,13-14H,11-12H2,1-2H3,(H,21,24). The van der Waals surface area contributed by atoms with Gasteiger partial charge in [-0.3, -0.25) is 4.79 Å². The number of amides is 1. The van der Waals surface area contributed by atoms with Crippen LogP contribution in [0.4, 0.5) is 0 Å². The normalized spacial score (nSPS) is 10.4. The zero-order valence-corrected chi connectivity index (χ0v) is 14.8. The summed E-state index contributed by atoms with van der Waals surface area (Å²) in [5.74, 6) is 1.18. The lowest BCUT2D eigenvalue weighted by Crippen LogP contribution is -2.28. The van der Waals surface area contributed by atoms with Crippen molar-refractivity contribution in [2.45, 2.75) is 6.92 Å². The Morgan fingerprint density at radius 3 is 2.50 bits per heavy atom. The smallest absolute Gasteiger partial charge is 0.251 e. The van der Waals surface area contributed by atoms with Gasteiger partial charge in [0, 0.05) is 11.8 Å². The quantitative estimate of drug-likeness (QED) is 0.665. The summed E-state index contributed by atoms with van der Waals surface area (Å²) < 4.78 is 12.6. The summed E-state index contributed by atoms with van der Waals surface area (Å²) in [7, 11) is 1.60. The van der Waals surface area contributed by atoms with Crippen molar-refractivity contribution in [1.82, 2.24) is 15.1 Å². The number of methoxy groups -OCH3 is 1. The maximum absolute atomic E-state index is 12.2. The summed E-state index contributed by atoms with van der Waals surface area (Å²) in [4.78, 5) is 12.2. The largest absolute Gasteiger partial charge is 0.493 e. The lowest BCUT2D eigenvalue weighted by molar-refractivity contribution is 0.0947. The first-order valence-corrected chi connectivity index (χ1v) is 8.33. The van der Waals surface area contributed by atoms with Crippen molar-refractivity contribution in [2.75, 3.05) is 20.3 Å². The van der Waals surface area contributed by atoms with E-state index in [0.29, 0.717) is 30.2 Å². The number of nitrogens with one attached hydrogen (secondary N) is 1. The topological polar surface area (TPSA) is 65.4 Å². The van der Waals surface area contributed by atoms with Crippen LogP contribution in [-0.4, -0.2) is 35.9 Å². The van der Waals surface area contributed by atoms with Crippen molar-refractivity contribution in [2.24, 2.45) is 0 Å². The Balaban J connectivity index is 1.50. The van der Waals surface area contributed by atoms with Gasteiger partial charge in [0.05, 0.1) is 25.5 Å². The fourth-order valence-electron chi connectivity index (χ4n) is 2.49. The van der Waals surface area contributed by atoms with Crippen LogP contribution in [0.3, 0.4) is 0 Å². The molecule has 0 saturated carbocycles. The van der Waals surface area contributed by atoms with Crippen LogP contribution in [0.25, 0.3) is 5.69 Å². The molecule has 3 aromatic rings. The highest BCUT2D eigenvalue weighted by Crippen LogP contribution is 2.25. The lowest BCUT2D eigenvalue weighted by atomic mass is 10.2. The van der Waals surface area contributed by atoms with Crippen LogP contribution in [0, 0.1) is 6.92 Å². The summed E-state index contributed by atoms with van der Waals surface area (Å²) in [6.07, 6.45) is 3.73. The highest BCUT2D eigenvalue weighted by atomic mass is 16.5. The number of ether oxygens (including phenoxy) is 2. The number of carbonyl (C=O) groups excluding carboxylic acids is 1. The second-order valence-corrected chi connectivity index (χ2v) is 5.76. The van der Waals surface area contributed by atoms with E-state index in [-0.39, 0.29) is 5.91 Å². The van der Waals surface area contributed by atoms with Crippen molar-refractivity contribution < 1.29 is 14.3 Å². The van der Waals surface area contributed by atoms with Crippen LogP contribution in [0.5, 0.6) is 11.5 Å². The minimum atomic E-state index is -0.142. The Labute approximate surface area is 152 Å². The molecule has 1 N–H and O–H groups in total. The number of hydrogen-bond acceptors (Lipinski definition) is 4. The van der Waals surface area contributed by atoms with Crippen molar-refractivity contribution in [3.05, 3.63) is 72.1 Å². The Kier molecular flexibility index (Phi) is 5.53. The van der Waals surface area contributed by atoms with Crippen LogP contribution < -0.4 is 14.8 Å². The molecule has 1 aromatic heterocycles. The first-order chi connectivity index (χ1) is 12.7. The Morgan fingerprint density at radius 2 is 1.85 bits per heavy atom. The van der Waals surface area contributed by atoms with Crippen LogP contribution in [-0.2, 0) is 0 Å². The van der Waals surface area contributed by atoms with Crippen LogP contribution >= 0.6 is 0 Å². The molecule has 3 rings (SSSR count). The molecule has 134 valence electrons. The molecule has 26 heavy (non-hydrogen) atoms. The lowest BCUT2D eigenvalue weighted by Gasteiger charge is -2.11. The van der Waals surface area contributed by atoms with Gasteiger partial charge in [0.2, 0.25) is 0 Å². The van der Waals surface area contributed by atoms with Crippen LogP contribution in [0.2, 0.25) is 0 Å². The van der Waals surface area contributed by atoms with Gasteiger partial charge in [0.25, 0.3) is 5.91 Å². The van der Waals surface area contributed by atoms with Gasteiger partial charge < -0.3 is 14.8 Å². The average Bonchev–Trinajstić information content (AvgIpc) is 3.12. The third-order valence-corrected chi connectivity index (χ3v) is 3.82. The zero-order valence-electron chi connectivity index (χ0n) is 14.8. The zero-order chi connectivity index (χ0) is 18.4. The highest BCUT2D eigenvalue weighted by Gasteiger charge is 2.07. The molecule has 1 heterocycles. The molecule has 6 nitrogen and oxygen atoms in total. The molecule has 0 aliphatic rings. The molecular weight excluding hydrogens is 330 g/mol. The molecule has 0 bridgehead atoms. The number of hydrogen-bond donors (Lipinski definition) is 1. The third-order valence-electron chi connectivity index (χ3n) is 3.82. The predicted molar refractivity (Wildman–Crippen MR) is 99.1 cm³/mol. The Bertz CT molecular complexity index is 872. The second kappa shape index (κ2) is 8.20. The van der Waals surface area contributed by atoms with E-state index >= 15 is 0 Å². The fraction of sp³-hybridized carbons (Fsp3) is 0.200. The number of aromatic nitrogens is 2. The molecule has 0 aliphatic carbocycles. The molecule has 0 aliphatic heterocycles. The number of carbonyl (C=O) groups is 1. The minimum absolute atomic E-state index is 0.142. The fourth-order valence-corrected chi connectivity index (χ4v) is 2.49. The molecule has 0 atom stereocenters. The SMILES string of the molecule is COc1ccccc1OCCNC(=O)c1ccc(-n2cc(C)cn2)cc1. The molecule has 6 heteroatoms. The maximum atomic E-state index is 12.2. The molecule has 0 radical (unpaired) electrons. The first-order valence-electron chi connectivity index (χ1n) is 8.33. The van der Waals surface area contributed by atoms with Crippen LogP contribution in [0.1, 0.15) is 15.9 Å². The van der Waals surface area contributed by atoms with Gasteiger partial charge in [0.15, 0.2) is 11.5 Å². The third kappa shape index (κ3) is 4.22. The van der Waals surface area contributed by atoms with E-state index in [4.69, 9.17) is 9.47 Å². The predicted octanol–water partition coefficient (Wildman–Crippen LogP) is 3.00. The summed E-state index contributed by atoms with van der Waals surface area (Å²) >= 11 is 0. The second-order valence-electron chi connectivity index (χ2n) is 5.76. The van der Waals surface area contributed by atoms with Gasteiger partial charge in [-0.15, -0.1) is 0 Å². The molecule has 2 aromatic carbocycles. The van der Waals surface area contributed by atoms with E-state index in [2.05, 4.69) is 10.4 Å². The number of benzene rings is 2. The molecule has 0 spiro atoms. The molecular formula is C20H21N3O3. The molecule has 0 saturated heterocycles. The minimum Gasteiger partial charge on any atom is -0.493 e. The van der Waals surface area contributed by atoms with E-state index in [9.17, 15) is 4.79 Å². The van der Waals surface area contributed by atoms with E-state index in [1.807, 2.05) is 49.5 Å². The van der Waals surface area contributed by atoms with Gasteiger partial charge in [-0.1, -0.05) is 12.1 Å². The molecule has 0 fully saturated rings. The Hall–Kier alpha value is -3.28. The van der Waals surface area contributed by atoms with Gasteiger partial charge in [-0.25, -0.2) is 4.68 Å². The van der Waals surface area contributed by atoms with Crippen molar-refractivity contribution in [3.8, 4) is 17.2 Å². The van der Waals surface area contributed by atoms with E-state index < -0.39 is 0 Å². The summed E-state index contributed by atoms with van der Waals surface area (Å²) in [6, 6.07) is 14.7. The van der Waals surface area contributed by atoms with E-state index in [1.54, 1.807) is 30.1 Å². The summed E-state index contributed by atoms with van der Waals surface area (Å²) in [5.41, 5.74) is 2.59. The first kappa shape index (κ1) is 17.5. The monoisotopic (exact) mass is 351 g/mol. The van der Waals surface area contributed by atoms with Crippen LogP contribution in [0.15, 0.2) is 60.9 Å². The number of aryl methyl sites for hydroxylation is 1. The maximum Gasteiger partial charge on any atom is 0.251 e. The number of rotatable bonds is 7. The van der Waals surface area contributed by atoms with Gasteiger partial charge >= 0.3 is 0 Å². The van der Waals surface area contributed by atoms with E-state index in [1.165, 1.54) is 0 Å². The average molecular weight is 351 g/mol. The van der Waals surface area contributed by atoms with Crippen molar-refractivity contribution in [1.29, 1.82) is 0 Å². The summed E-state index contributed by atoms with van der Waals surface area (Å²) in [6.45, 7) is 2.74. The van der Waals surface area contributed by atoms with Crippen molar-refractivity contribution in [3.63, 3.8) is 0 Å². The number of nitrogens with zero attached hydrogens (tertiary/aromatic N) is 2.